The number of ether oxygens (including phenoxy) is 1. The van der Waals surface area contributed by atoms with Crippen LogP contribution in [0.2, 0.25) is 5.02 Å². The van der Waals surface area contributed by atoms with E-state index in [0.29, 0.717) is 36.0 Å². The number of allylic oxidation sites excluding steroid dienone is 2. The predicted octanol–water partition coefficient (Wildman–Crippen LogP) is 8.57. The third-order valence-corrected chi connectivity index (χ3v) is 11.8. The molecule has 0 unspecified atom stereocenters. The number of halogens is 2. The number of hydrogen-bond acceptors (Lipinski definition) is 7. The van der Waals surface area contributed by atoms with E-state index in [0.717, 1.165) is 104 Å². The third-order valence-electron chi connectivity index (χ3n) is 9.51. The summed E-state index contributed by atoms with van der Waals surface area (Å²) in [6.07, 6.45) is 4.70. The molecule has 3 N–H and O–H groups in total. The second-order valence-electron chi connectivity index (χ2n) is 12.7. The van der Waals surface area contributed by atoms with Crippen molar-refractivity contribution in [1.29, 1.82) is 0 Å². The Morgan fingerprint density at radius 1 is 1.02 bits per heavy atom. The second kappa shape index (κ2) is 14.3. The predicted molar refractivity (Wildman–Crippen MR) is 198 cm³/mol. The van der Waals surface area contributed by atoms with Crippen molar-refractivity contribution in [3.05, 3.63) is 93.3 Å². The first-order valence-electron chi connectivity index (χ1n) is 16.6. The Bertz CT molecular complexity index is 2110. The number of hydrazine groups is 1. The zero-order valence-electron chi connectivity index (χ0n) is 27.6. The van der Waals surface area contributed by atoms with Crippen molar-refractivity contribution in [2.75, 3.05) is 18.9 Å². The minimum absolute atomic E-state index is 0.248. The highest BCUT2D eigenvalue weighted by Crippen LogP contribution is 2.42. The maximum atomic E-state index is 14.3. The Morgan fingerprint density at radius 3 is 2.67 bits per heavy atom. The Kier molecular flexibility index (Phi) is 9.88. The number of aryl methyl sites for hydroxylation is 3. The van der Waals surface area contributed by atoms with E-state index in [2.05, 4.69) is 6.07 Å². The van der Waals surface area contributed by atoms with Gasteiger partial charge in [0.1, 0.15) is 17.3 Å². The number of piperidine rings is 1. The zero-order valence-corrected chi connectivity index (χ0v) is 30.0. The van der Waals surface area contributed by atoms with E-state index >= 15 is 0 Å². The SMILES string of the molecule is Cn1nc2cc1CSc1cc(c3ccc(F)cc3c1)OCCCc1c(C(=O)O)n(C)c3c(c(Cl)ccc13)/C(=C1\CCCCN1N)CCSC2. The third kappa shape index (κ3) is 6.78. The summed E-state index contributed by atoms with van der Waals surface area (Å²) in [6.45, 7) is 1.12. The maximum absolute atomic E-state index is 14.3. The Balaban J connectivity index is 1.34. The summed E-state index contributed by atoms with van der Waals surface area (Å²) in [5.74, 6) is 8.27. The summed E-state index contributed by atoms with van der Waals surface area (Å²) in [5, 5.41) is 20.2. The molecule has 1 saturated heterocycles. The van der Waals surface area contributed by atoms with Crippen molar-refractivity contribution in [2.45, 2.75) is 54.9 Å². The van der Waals surface area contributed by atoms with Crippen molar-refractivity contribution in [3.63, 3.8) is 0 Å². The highest BCUT2D eigenvalue weighted by Gasteiger charge is 2.27. The molecule has 8 nitrogen and oxygen atoms in total. The van der Waals surface area contributed by atoms with Crippen LogP contribution in [0.4, 0.5) is 4.39 Å². The maximum Gasteiger partial charge on any atom is 0.352 e. The zero-order chi connectivity index (χ0) is 34.2. The van der Waals surface area contributed by atoms with Gasteiger partial charge in [-0.3, -0.25) is 4.68 Å². The van der Waals surface area contributed by atoms with Gasteiger partial charge in [0.2, 0.25) is 0 Å². The van der Waals surface area contributed by atoms with Gasteiger partial charge in [-0.25, -0.2) is 15.0 Å². The Morgan fingerprint density at radius 2 is 1.86 bits per heavy atom. The lowest BCUT2D eigenvalue weighted by molar-refractivity contribution is 0.0685. The van der Waals surface area contributed by atoms with Crippen molar-refractivity contribution in [2.24, 2.45) is 19.9 Å². The van der Waals surface area contributed by atoms with E-state index in [-0.39, 0.29) is 11.5 Å². The standard InChI is InChI=1S/C37H39ClFN5O3S2/c1-42-35-29-10-11-31(38)34(35)30(32-7-3-4-13-44(32)40)12-15-48-20-24-18-25(43(2)41-24)21-49-26-17-22-16-23(39)8-9-27(22)33(19-26)47-14-5-6-28(29)36(42)37(45)46/h8-11,16-19H,3-7,12-15,20-21,40H2,1-2H3,(H,45,46)/b32-30+. The number of thioether (sulfide) groups is 2. The molecule has 8 bridgehead atoms. The van der Waals surface area contributed by atoms with Gasteiger partial charge in [-0.1, -0.05) is 17.7 Å². The summed E-state index contributed by atoms with van der Waals surface area (Å²) in [5.41, 5.74) is 6.92. The lowest BCUT2D eigenvalue weighted by Crippen LogP contribution is -2.35. The molecule has 2 aromatic heterocycles. The molecule has 4 heterocycles. The van der Waals surface area contributed by atoms with Crippen LogP contribution in [0.1, 0.15) is 65.1 Å². The molecule has 2 aliphatic rings. The molecule has 0 spiro atoms. The van der Waals surface area contributed by atoms with Crippen LogP contribution in [0.3, 0.4) is 0 Å². The first-order valence-corrected chi connectivity index (χ1v) is 19.1. The van der Waals surface area contributed by atoms with E-state index < -0.39 is 5.97 Å². The van der Waals surface area contributed by atoms with Crippen LogP contribution in [0.5, 0.6) is 5.75 Å². The molecule has 0 aliphatic carbocycles. The van der Waals surface area contributed by atoms with E-state index in [9.17, 15) is 14.3 Å². The number of fused-ring (bicyclic) bond motifs is 6. The van der Waals surface area contributed by atoms with Gasteiger partial charge < -0.3 is 19.4 Å². The van der Waals surface area contributed by atoms with E-state index in [1.807, 2.05) is 59.8 Å². The van der Waals surface area contributed by atoms with E-state index in [1.54, 1.807) is 22.4 Å². The molecule has 5 aromatic rings. The molecule has 256 valence electrons. The quantitative estimate of drug-likeness (QED) is 0.166. The Labute approximate surface area is 298 Å². The minimum atomic E-state index is -0.985. The summed E-state index contributed by atoms with van der Waals surface area (Å²) in [6, 6.07) is 14.7. The topological polar surface area (TPSA) is 98.5 Å². The number of carboxylic acid groups (broad SMARTS) is 1. The molecular weight excluding hydrogens is 681 g/mol. The molecule has 2 aliphatic heterocycles. The number of aromatic carboxylic acids is 1. The molecule has 0 radical (unpaired) electrons. The number of carboxylic acids is 1. The highest BCUT2D eigenvalue weighted by molar-refractivity contribution is 7.98. The van der Waals surface area contributed by atoms with E-state index in [4.69, 9.17) is 27.3 Å². The summed E-state index contributed by atoms with van der Waals surface area (Å²) in [4.78, 5) is 13.8. The Hall–Kier alpha value is -3.64. The number of aromatic nitrogens is 3. The second-order valence-corrected chi connectivity index (χ2v) is 15.2. The first kappa shape index (κ1) is 33.8. The van der Waals surface area contributed by atoms with Crippen molar-refractivity contribution >= 4 is 68.3 Å². The van der Waals surface area contributed by atoms with Gasteiger partial charge in [-0.05, 0) is 103 Å². The van der Waals surface area contributed by atoms with Gasteiger partial charge in [-0.2, -0.15) is 16.9 Å². The van der Waals surface area contributed by atoms with Crippen LogP contribution in [0.25, 0.3) is 27.2 Å². The number of nitrogens with zero attached hydrogens (tertiary/aromatic N) is 4. The molecule has 0 saturated carbocycles. The fraction of sp³-hybridized carbons (Fsp3) is 0.351. The van der Waals surface area contributed by atoms with Crippen molar-refractivity contribution < 1.29 is 19.0 Å². The molecule has 7 rings (SSSR count). The summed E-state index contributed by atoms with van der Waals surface area (Å²) in [7, 11) is 3.78. The lowest BCUT2D eigenvalue weighted by Gasteiger charge is -2.30. The average Bonchev–Trinajstić information content (AvgIpc) is 3.57. The fourth-order valence-corrected chi connectivity index (χ4v) is 9.30. The number of nitrogens with two attached hydrogens (primary N) is 1. The van der Waals surface area contributed by atoms with Gasteiger partial charge in [-0.15, -0.1) is 11.8 Å². The van der Waals surface area contributed by atoms with Crippen LogP contribution in [0, 0.1) is 5.82 Å². The van der Waals surface area contributed by atoms with Gasteiger partial charge in [0, 0.05) is 64.8 Å². The highest BCUT2D eigenvalue weighted by atomic mass is 35.5. The van der Waals surface area contributed by atoms with Crippen LogP contribution >= 0.6 is 35.1 Å². The van der Waals surface area contributed by atoms with E-state index in [1.165, 1.54) is 12.1 Å². The molecule has 49 heavy (non-hydrogen) atoms. The number of benzene rings is 3. The molecule has 3 aromatic carbocycles. The molecule has 0 atom stereocenters. The van der Waals surface area contributed by atoms with Crippen LogP contribution in [0.15, 0.2) is 59.1 Å². The number of rotatable bonds is 1. The monoisotopic (exact) mass is 719 g/mol. The summed E-state index contributed by atoms with van der Waals surface area (Å²) < 4.78 is 24.4. The van der Waals surface area contributed by atoms with Crippen molar-refractivity contribution in [1.82, 2.24) is 19.4 Å². The van der Waals surface area contributed by atoms with Gasteiger partial charge in [0.15, 0.2) is 0 Å². The van der Waals surface area contributed by atoms with Gasteiger partial charge in [0.05, 0.1) is 22.8 Å². The minimum Gasteiger partial charge on any atom is -0.493 e. The molecule has 1 fully saturated rings. The lowest BCUT2D eigenvalue weighted by atomic mass is 9.93. The summed E-state index contributed by atoms with van der Waals surface area (Å²) >= 11 is 10.5. The van der Waals surface area contributed by atoms with Crippen LogP contribution in [-0.2, 0) is 32.0 Å². The van der Waals surface area contributed by atoms with Crippen LogP contribution in [-0.4, -0.2) is 49.3 Å². The van der Waals surface area contributed by atoms with Crippen LogP contribution < -0.4 is 10.6 Å². The molecular formula is C37H39ClFN5O3S2. The average molecular weight is 720 g/mol. The molecule has 12 heteroatoms. The van der Waals surface area contributed by atoms with Gasteiger partial charge in [0.25, 0.3) is 0 Å². The first-order chi connectivity index (χ1) is 23.7. The largest absolute Gasteiger partial charge is 0.493 e. The number of hydrogen-bond donors (Lipinski definition) is 2. The fourth-order valence-electron chi connectivity index (χ4n) is 7.20. The number of carbonyl (C=O) groups is 1. The van der Waals surface area contributed by atoms with Crippen molar-refractivity contribution in [3.8, 4) is 5.75 Å². The molecule has 0 amide bonds. The van der Waals surface area contributed by atoms with Gasteiger partial charge >= 0.3 is 5.97 Å². The smallest absolute Gasteiger partial charge is 0.352 e. The normalized spacial score (nSPS) is 18.1.